The topological polar surface area (TPSA) is 97.7 Å². The first kappa shape index (κ1) is 20.1. The summed E-state index contributed by atoms with van der Waals surface area (Å²) in [6.45, 7) is 0. The molecule has 1 saturated carbocycles. The lowest BCUT2D eigenvalue weighted by Gasteiger charge is -2.26. The summed E-state index contributed by atoms with van der Waals surface area (Å²) < 4.78 is 14.2. The largest absolute Gasteiger partial charge is 0.329 e. The number of nitrogens with one attached hydrogen (secondary N) is 1. The number of Topliss-reactive ketones (excluding diaryl/α,β-unsaturated/α-hetero) is 1. The zero-order valence-corrected chi connectivity index (χ0v) is 16.5. The maximum Gasteiger partial charge on any atom is 0.329 e. The second kappa shape index (κ2) is 8.69. The minimum atomic E-state index is -0.902. The summed E-state index contributed by atoms with van der Waals surface area (Å²) in [5.74, 6) is -0.500. The third-order valence-electron chi connectivity index (χ3n) is 5.84. The van der Waals surface area contributed by atoms with Gasteiger partial charge >= 0.3 is 5.69 Å². The molecule has 3 heterocycles. The van der Waals surface area contributed by atoms with Gasteiger partial charge < -0.3 is 4.98 Å². The van der Waals surface area contributed by atoms with Crippen molar-refractivity contribution >= 4 is 16.7 Å². The van der Waals surface area contributed by atoms with E-state index in [1.54, 1.807) is 6.07 Å². The highest BCUT2D eigenvalue weighted by atomic mass is 19.1. The van der Waals surface area contributed by atoms with Gasteiger partial charge in [0.05, 0.1) is 23.5 Å². The van der Waals surface area contributed by atoms with Crippen LogP contribution in [-0.4, -0.2) is 25.3 Å². The molecule has 0 amide bonds. The van der Waals surface area contributed by atoms with Crippen LogP contribution >= 0.6 is 0 Å². The maximum absolute atomic E-state index is 13.3. The normalized spacial score (nSPS) is 15.9. The third-order valence-corrected chi connectivity index (χ3v) is 5.84. The predicted molar refractivity (Wildman–Crippen MR) is 110 cm³/mol. The minimum Gasteiger partial charge on any atom is -0.307 e. The van der Waals surface area contributed by atoms with Gasteiger partial charge in [-0.15, -0.1) is 0 Å². The van der Waals surface area contributed by atoms with Gasteiger partial charge in [-0.3, -0.25) is 19.6 Å². The summed E-state index contributed by atoms with van der Waals surface area (Å²) in [7, 11) is 0. The van der Waals surface area contributed by atoms with Crippen LogP contribution in [0.15, 0.2) is 46.4 Å². The lowest BCUT2D eigenvalue weighted by atomic mass is 9.83. The molecular weight excluding hydrogens is 387 g/mol. The molecule has 0 saturated heterocycles. The van der Waals surface area contributed by atoms with Gasteiger partial charge in [0.2, 0.25) is 0 Å². The summed E-state index contributed by atoms with van der Waals surface area (Å²) in [5, 5.41) is 0.262. The molecular formula is C22H23FN4O3. The minimum absolute atomic E-state index is 0.0748. The van der Waals surface area contributed by atoms with E-state index in [9.17, 15) is 18.8 Å². The van der Waals surface area contributed by atoms with Crippen LogP contribution in [0.4, 0.5) is 4.39 Å². The Hall–Kier alpha value is -3.16. The summed E-state index contributed by atoms with van der Waals surface area (Å²) in [6.07, 6.45) is 9.57. The van der Waals surface area contributed by atoms with Crippen LogP contribution < -0.4 is 11.2 Å². The van der Waals surface area contributed by atoms with Gasteiger partial charge in [-0.1, -0.05) is 32.1 Å². The zero-order valence-electron chi connectivity index (χ0n) is 16.5. The number of carbonyl (C=O) groups is 1. The second-order valence-electron chi connectivity index (χ2n) is 7.89. The number of halogens is 1. The first-order valence-electron chi connectivity index (χ1n) is 10.2. The molecule has 1 atom stereocenters. The van der Waals surface area contributed by atoms with Crippen molar-refractivity contribution in [3.63, 3.8) is 0 Å². The summed E-state index contributed by atoms with van der Waals surface area (Å²) >= 11 is 0. The number of H-pyrrole nitrogens is 1. The Morgan fingerprint density at radius 3 is 2.70 bits per heavy atom. The maximum atomic E-state index is 13.3. The number of rotatable bonds is 6. The Morgan fingerprint density at radius 2 is 1.97 bits per heavy atom. The molecule has 1 N–H and O–H groups in total. The first-order chi connectivity index (χ1) is 14.5. The molecule has 0 bridgehead atoms. The summed E-state index contributed by atoms with van der Waals surface area (Å²) in [4.78, 5) is 49.8. The van der Waals surface area contributed by atoms with E-state index in [0.717, 1.165) is 42.9 Å². The predicted octanol–water partition coefficient (Wildman–Crippen LogP) is 2.94. The van der Waals surface area contributed by atoms with Gasteiger partial charge in [0.25, 0.3) is 5.56 Å². The molecule has 30 heavy (non-hydrogen) atoms. The molecule has 3 aromatic heterocycles. The van der Waals surface area contributed by atoms with Crippen molar-refractivity contribution in [3.05, 3.63) is 69.1 Å². The quantitative estimate of drug-likeness (QED) is 0.674. The van der Waals surface area contributed by atoms with Gasteiger partial charge in [0.15, 0.2) is 5.78 Å². The molecule has 8 heteroatoms. The van der Waals surface area contributed by atoms with E-state index in [1.807, 2.05) is 0 Å². The van der Waals surface area contributed by atoms with Crippen LogP contribution in [0.5, 0.6) is 0 Å². The summed E-state index contributed by atoms with van der Waals surface area (Å²) in [5.41, 5.74) is -0.342. The Bertz CT molecular complexity index is 1160. The van der Waals surface area contributed by atoms with Crippen LogP contribution in [-0.2, 0) is 11.2 Å². The van der Waals surface area contributed by atoms with E-state index < -0.39 is 23.1 Å². The average molecular weight is 410 g/mol. The summed E-state index contributed by atoms with van der Waals surface area (Å²) in [6, 6.07) is 3.35. The Balaban J connectivity index is 1.74. The van der Waals surface area contributed by atoms with E-state index in [0.29, 0.717) is 17.6 Å². The number of hydrogen-bond donors (Lipinski definition) is 1. The molecule has 1 fully saturated rings. The highest BCUT2D eigenvalue weighted by Crippen LogP contribution is 2.31. The number of aromatic nitrogens is 4. The smallest absolute Gasteiger partial charge is 0.307 e. The molecule has 1 aliphatic rings. The second-order valence-corrected chi connectivity index (χ2v) is 7.89. The standard InChI is InChI=1S/C22H23FN4O3/c23-15-6-7-16(25-12-15)11-20(28)19(10-14-4-2-1-3-5-14)27-21(29)17-13-24-9-8-18(17)26-22(27)30/h6-9,12-14,19H,1-5,10-11H2,(H,26,30). The number of carbonyl (C=O) groups excluding carboxylic acids is 1. The van der Waals surface area contributed by atoms with Gasteiger partial charge in [0.1, 0.15) is 11.9 Å². The van der Waals surface area contributed by atoms with E-state index in [-0.39, 0.29) is 23.5 Å². The van der Waals surface area contributed by atoms with E-state index in [1.165, 1.54) is 24.5 Å². The molecule has 0 radical (unpaired) electrons. The van der Waals surface area contributed by atoms with Gasteiger partial charge in [-0.2, -0.15) is 0 Å². The third kappa shape index (κ3) is 4.22. The van der Waals surface area contributed by atoms with Crippen molar-refractivity contribution in [1.29, 1.82) is 0 Å². The van der Waals surface area contributed by atoms with Crippen molar-refractivity contribution < 1.29 is 9.18 Å². The van der Waals surface area contributed by atoms with Crippen molar-refractivity contribution in [2.45, 2.75) is 51.0 Å². The van der Waals surface area contributed by atoms with E-state index in [2.05, 4.69) is 15.0 Å². The lowest BCUT2D eigenvalue weighted by Crippen LogP contribution is -2.42. The highest BCUT2D eigenvalue weighted by Gasteiger charge is 2.29. The Kier molecular flexibility index (Phi) is 5.83. The molecule has 3 aromatic rings. The average Bonchev–Trinajstić information content (AvgIpc) is 2.75. The Morgan fingerprint density at radius 1 is 1.17 bits per heavy atom. The molecule has 0 aliphatic heterocycles. The molecule has 0 spiro atoms. The number of aromatic amines is 1. The molecule has 156 valence electrons. The fraction of sp³-hybridized carbons (Fsp3) is 0.409. The molecule has 1 unspecified atom stereocenters. The van der Waals surface area contributed by atoms with Crippen LogP contribution in [0.1, 0.15) is 50.3 Å². The van der Waals surface area contributed by atoms with Crippen molar-refractivity contribution in [3.8, 4) is 0 Å². The number of hydrogen-bond acceptors (Lipinski definition) is 5. The van der Waals surface area contributed by atoms with Gasteiger partial charge in [-0.25, -0.2) is 13.8 Å². The monoisotopic (exact) mass is 410 g/mol. The molecule has 1 aliphatic carbocycles. The fourth-order valence-corrected chi connectivity index (χ4v) is 4.28. The molecule has 0 aromatic carbocycles. The fourth-order valence-electron chi connectivity index (χ4n) is 4.28. The zero-order chi connectivity index (χ0) is 21.1. The van der Waals surface area contributed by atoms with Crippen LogP contribution in [0.25, 0.3) is 10.9 Å². The van der Waals surface area contributed by atoms with Crippen molar-refractivity contribution in [1.82, 2.24) is 19.5 Å². The molecule has 4 rings (SSSR count). The Labute approximate surface area is 172 Å². The van der Waals surface area contributed by atoms with E-state index >= 15 is 0 Å². The van der Waals surface area contributed by atoms with Crippen LogP contribution in [0.2, 0.25) is 0 Å². The van der Waals surface area contributed by atoms with Crippen LogP contribution in [0.3, 0.4) is 0 Å². The lowest BCUT2D eigenvalue weighted by molar-refractivity contribution is -0.122. The van der Waals surface area contributed by atoms with Crippen molar-refractivity contribution in [2.24, 2.45) is 5.92 Å². The van der Waals surface area contributed by atoms with Gasteiger partial charge in [-0.05, 0) is 30.5 Å². The first-order valence-corrected chi connectivity index (χ1v) is 10.2. The van der Waals surface area contributed by atoms with Crippen molar-refractivity contribution in [2.75, 3.05) is 0 Å². The van der Waals surface area contributed by atoms with Crippen LogP contribution in [0, 0.1) is 11.7 Å². The van der Waals surface area contributed by atoms with Gasteiger partial charge in [0, 0.05) is 18.1 Å². The number of fused-ring (bicyclic) bond motifs is 1. The SMILES string of the molecule is O=C(Cc1ccc(F)cn1)C(CC1CCCCC1)n1c(=O)[nH]c2ccncc2c1=O. The van der Waals surface area contributed by atoms with E-state index in [4.69, 9.17) is 0 Å². The number of pyridine rings is 2. The number of nitrogens with zero attached hydrogens (tertiary/aromatic N) is 3. The number of ketones is 1. The molecule has 7 nitrogen and oxygen atoms in total. The highest BCUT2D eigenvalue weighted by molar-refractivity contribution is 5.85.